The molecule has 0 aliphatic heterocycles. The molecule has 0 aliphatic rings. The van der Waals surface area contributed by atoms with Gasteiger partial charge in [0.2, 0.25) is 0 Å². The van der Waals surface area contributed by atoms with Crippen LogP contribution in [-0.2, 0) is 0 Å². The van der Waals surface area contributed by atoms with Crippen LogP contribution < -0.4 is 5.32 Å². The van der Waals surface area contributed by atoms with Gasteiger partial charge in [-0.15, -0.1) is 0 Å². The number of benzene rings is 2. The van der Waals surface area contributed by atoms with Crippen LogP contribution in [0.1, 0.15) is 34.6 Å². The second-order valence-corrected chi connectivity index (χ2v) is 5.94. The van der Waals surface area contributed by atoms with Crippen molar-refractivity contribution >= 4 is 5.91 Å². The average molecular weight is 319 g/mol. The molecule has 4 nitrogen and oxygen atoms in total. The van der Waals surface area contributed by atoms with Crippen molar-refractivity contribution in [2.45, 2.75) is 19.8 Å². The number of hydrogen-bond acceptors (Lipinski definition) is 2. The molecule has 1 amide bonds. The summed E-state index contributed by atoms with van der Waals surface area (Å²) in [6.45, 7) is 4.63. The molecule has 0 aliphatic carbocycles. The number of nitrogens with zero attached hydrogens (tertiary/aromatic N) is 2. The predicted molar refractivity (Wildman–Crippen MR) is 95.5 cm³/mol. The van der Waals surface area contributed by atoms with E-state index in [2.05, 4.69) is 29.5 Å². The number of hydrogen-bond donors (Lipinski definition) is 1. The van der Waals surface area contributed by atoms with Gasteiger partial charge in [-0.3, -0.25) is 4.79 Å². The highest BCUT2D eigenvalue weighted by atomic mass is 16.1. The molecule has 2 aromatic carbocycles. The molecule has 122 valence electrons. The summed E-state index contributed by atoms with van der Waals surface area (Å²) in [7, 11) is 0. The van der Waals surface area contributed by atoms with Gasteiger partial charge in [0, 0.05) is 12.2 Å². The van der Waals surface area contributed by atoms with E-state index in [1.165, 1.54) is 5.56 Å². The lowest BCUT2D eigenvalue weighted by atomic mass is 10.0. The molecule has 4 heteroatoms. The maximum absolute atomic E-state index is 12.4. The first kappa shape index (κ1) is 16.0. The summed E-state index contributed by atoms with van der Waals surface area (Å²) in [4.78, 5) is 12.4. The van der Waals surface area contributed by atoms with E-state index in [4.69, 9.17) is 0 Å². The first-order valence-corrected chi connectivity index (χ1v) is 8.10. The molecule has 1 heterocycles. The van der Waals surface area contributed by atoms with Crippen molar-refractivity contribution in [3.05, 3.63) is 83.7 Å². The van der Waals surface area contributed by atoms with Crippen LogP contribution in [-0.4, -0.2) is 22.2 Å². The fraction of sp³-hybridized carbons (Fsp3) is 0.200. The molecule has 0 fully saturated rings. The maximum atomic E-state index is 12.4. The lowest BCUT2D eigenvalue weighted by molar-refractivity contribution is 0.0946. The molecule has 0 saturated carbocycles. The summed E-state index contributed by atoms with van der Waals surface area (Å²) in [5.41, 5.74) is 3.54. The van der Waals surface area contributed by atoms with Gasteiger partial charge in [0.05, 0.1) is 5.69 Å². The molecule has 0 spiro atoms. The Bertz CT molecular complexity index is 809. The first-order chi connectivity index (χ1) is 11.6. The molecule has 1 atom stereocenters. The molecule has 1 aromatic heterocycles. The van der Waals surface area contributed by atoms with Gasteiger partial charge >= 0.3 is 0 Å². The Morgan fingerprint density at radius 3 is 2.38 bits per heavy atom. The van der Waals surface area contributed by atoms with Crippen LogP contribution >= 0.6 is 0 Å². The van der Waals surface area contributed by atoms with Crippen molar-refractivity contribution in [2.75, 3.05) is 6.54 Å². The Labute approximate surface area is 142 Å². The van der Waals surface area contributed by atoms with Gasteiger partial charge in [0.1, 0.15) is 0 Å². The number of para-hydroxylation sites is 1. The third-order valence-corrected chi connectivity index (χ3v) is 4.06. The van der Waals surface area contributed by atoms with E-state index in [-0.39, 0.29) is 11.8 Å². The van der Waals surface area contributed by atoms with E-state index in [1.807, 2.05) is 61.5 Å². The van der Waals surface area contributed by atoms with Gasteiger partial charge in [-0.2, -0.15) is 5.10 Å². The Morgan fingerprint density at radius 1 is 1.08 bits per heavy atom. The van der Waals surface area contributed by atoms with Gasteiger partial charge in [-0.25, -0.2) is 4.68 Å². The summed E-state index contributed by atoms with van der Waals surface area (Å²) >= 11 is 0. The highest BCUT2D eigenvalue weighted by Crippen LogP contribution is 2.14. The standard InChI is InChI=1S/C20H21N3O/c1-15(17-9-5-3-6-10-17)14-21-20(24)19-13-16(2)23(22-19)18-11-7-4-8-12-18/h3-13,15H,14H2,1-2H3,(H,21,24). The predicted octanol–water partition coefficient (Wildman–Crippen LogP) is 3.71. The quantitative estimate of drug-likeness (QED) is 0.779. The van der Waals surface area contributed by atoms with Crippen molar-refractivity contribution in [3.8, 4) is 5.69 Å². The fourth-order valence-electron chi connectivity index (χ4n) is 2.65. The first-order valence-electron chi connectivity index (χ1n) is 8.10. The maximum Gasteiger partial charge on any atom is 0.271 e. The lowest BCUT2D eigenvalue weighted by Gasteiger charge is -2.12. The van der Waals surface area contributed by atoms with E-state index in [0.29, 0.717) is 12.2 Å². The minimum Gasteiger partial charge on any atom is -0.350 e. The lowest BCUT2D eigenvalue weighted by Crippen LogP contribution is -2.28. The van der Waals surface area contributed by atoms with Crippen LogP contribution in [0.15, 0.2) is 66.7 Å². The van der Waals surface area contributed by atoms with E-state index in [9.17, 15) is 4.79 Å². The third kappa shape index (κ3) is 3.54. The van der Waals surface area contributed by atoms with Crippen molar-refractivity contribution < 1.29 is 4.79 Å². The Balaban J connectivity index is 1.68. The van der Waals surface area contributed by atoms with Gasteiger partial charge < -0.3 is 5.32 Å². The zero-order valence-electron chi connectivity index (χ0n) is 13.9. The zero-order chi connectivity index (χ0) is 16.9. The van der Waals surface area contributed by atoms with Crippen LogP contribution in [0.25, 0.3) is 5.69 Å². The Kier molecular flexibility index (Phi) is 4.75. The largest absolute Gasteiger partial charge is 0.350 e. The van der Waals surface area contributed by atoms with Crippen LogP contribution in [0, 0.1) is 6.92 Å². The number of carbonyl (C=O) groups is 1. The average Bonchev–Trinajstić information content (AvgIpc) is 3.02. The highest BCUT2D eigenvalue weighted by molar-refractivity contribution is 5.92. The molecule has 0 radical (unpaired) electrons. The molecular formula is C20H21N3O. The monoisotopic (exact) mass is 319 g/mol. The van der Waals surface area contributed by atoms with Crippen LogP contribution in [0.4, 0.5) is 0 Å². The van der Waals surface area contributed by atoms with Gasteiger partial charge in [0.15, 0.2) is 5.69 Å². The molecule has 0 saturated heterocycles. The second kappa shape index (κ2) is 7.13. The number of aryl methyl sites for hydroxylation is 1. The normalized spacial score (nSPS) is 11.9. The van der Waals surface area contributed by atoms with E-state index >= 15 is 0 Å². The van der Waals surface area contributed by atoms with Crippen molar-refractivity contribution in [1.82, 2.24) is 15.1 Å². The number of amides is 1. The molecule has 1 unspecified atom stereocenters. The SMILES string of the molecule is Cc1cc(C(=O)NCC(C)c2ccccc2)nn1-c1ccccc1. The zero-order valence-corrected chi connectivity index (χ0v) is 13.9. The van der Waals surface area contributed by atoms with Crippen molar-refractivity contribution in [1.29, 1.82) is 0 Å². The number of carbonyl (C=O) groups excluding carboxylic acids is 1. The second-order valence-electron chi connectivity index (χ2n) is 5.94. The summed E-state index contributed by atoms with van der Waals surface area (Å²) in [6.07, 6.45) is 0. The summed E-state index contributed by atoms with van der Waals surface area (Å²) in [5.74, 6) is 0.114. The van der Waals surface area contributed by atoms with Gasteiger partial charge in [-0.05, 0) is 36.6 Å². The summed E-state index contributed by atoms with van der Waals surface area (Å²) in [5, 5.41) is 7.41. The molecule has 3 aromatic rings. The molecule has 3 rings (SSSR count). The third-order valence-electron chi connectivity index (χ3n) is 4.06. The number of nitrogens with one attached hydrogen (secondary N) is 1. The summed E-state index contributed by atoms with van der Waals surface area (Å²) in [6, 6.07) is 21.8. The smallest absolute Gasteiger partial charge is 0.271 e. The minimum absolute atomic E-state index is 0.143. The Hall–Kier alpha value is -2.88. The minimum atomic E-state index is -0.143. The summed E-state index contributed by atoms with van der Waals surface area (Å²) < 4.78 is 1.79. The Morgan fingerprint density at radius 2 is 1.71 bits per heavy atom. The van der Waals surface area contributed by atoms with Gasteiger partial charge in [0.25, 0.3) is 5.91 Å². The topological polar surface area (TPSA) is 46.9 Å². The number of rotatable bonds is 5. The van der Waals surface area contributed by atoms with Gasteiger partial charge in [-0.1, -0.05) is 55.5 Å². The van der Waals surface area contributed by atoms with Crippen molar-refractivity contribution in [3.63, 3.8) is 0 Å². The molecule has 24 heavy (non-hydrogen) atoms. The molecule has 1 N–H and O–H groups in total. The highest BCUT2D eigenvalue weighted by Gasteiger charge is 2.14. The number of aromatic nitrogens is 2. The fourth-order valence-corrected chi connectivity index (χ4v) is 2.65. The van der Waals surface area contributed by atoms with E-state index in [0.717, 1.165) is 11.4 Å². The van der Waals surface area contributed by atoms with E-state index in [1.54, 1.807) is 4.68 Å². The van der Waals surface area contributed by atoms with Crippen LogP contribution in [0.5, 0.6) is 0 Å². The van der Waals surface area contributed by atoms with Crippen molar-refractivity contribution in [2.24, 2.45) is 0 Å². The van der Waals surface area contributed by atoms with Crippen LogP contribution in [0.2, 0.25) is 0 Å². The molecular weight excluding hydrogens is 298 g/mol. The van der Waals surface area contributed by atoms with E-state index < -0.39 is 0 Å². The van der Waals surface area contributed by atoms with Crippen LogP contribution in [0.3, 0.4) is 0 Å². The molecule has 0 bridgehead atoms.